The van der Waals surface area contributed by atoms with E-state index < -0.39 is 0 Å². The fraction of sp³-hybridized carbons (Fsp3) is 0.417. The molecule has 2 aliphatic rings. The molecule has 0 aliphatic carbocycles. The Morgan fingerprint density at radius 2 is 1.94 bits per heavy atom. The molecular weight excluding hydrogens is 440 g/mol. The predicted molar refractivity (Wildman–Crippen MR) is 125 cm³/mol. The second-order valence-electron chi connectivity index (χ2n) is 8.79. The van der Waals surface area contributed by atoms with Gasteiger partial charge in [-0.25, -0.2) is 4.98 Å². The number of likely N-dealkylation sites (N-methyl/N-ethyl adjacent to an activating group) is 1. The lowest BCUT2D eigenvalue weighted by molar-refractivity contribution is 0.0711. The van der Waals surface area contributed by atoms with Crippen molar-refractivity contribution < 1.29 is 9.53 Å². The van der Waals surface area contributed by atoms with Gasteiger partial charge in [-0.2, -0.15) is 5.10 Å². The molecule has 8 nitrogen and oxygen atoms in total. The summed E-state index contributed by atoms with van der Waals surface area (Å²) in [5, 5.41) is 5.07. The van der Waals surface area contributed by atoms with Gasteiger partial charge in [0, 0.05) is 49.2 Å². The van der Waals surface area contributed by atoms with E-state index in [1.807, 2.05) is 27.9 Å². The SMILES string of the molecule is CN1CCC(n2cc(C(=O)N3CCC(c4nccnc4Oc4cccc(Cl)c4)CC3)cn2)C1. The Balaban J connectivity index is 1.23. The van der Waals surface area contributed by atoms with Crippen molar-refractivity contribution >= 4 is 17.5 Å². The first-order valence-corrected chi connectivity index (χ1v) is 11.7. The Kier molecular flexibility index (Phi) is 6.28. The maximum absolute atomic E-state index is 13.1. The summed E-state index contributed by atoms with van der Waals surface area (Å²) in [6.07, 6.45) is 9.59. The van der Waals surface area contributed by atoms with E-state index >= 15 is 0 Å². The van der Waals surface area contributed by atoms with Crippen LogP contribution < -0.4 is 4.74 Å². The van der Waals surface area contributed by atoms with Gasteiger partial charge < -0.3 is 14.5 Å². The Labute approximate surface area is 198 Å². The van der Waals surface area contributed by atoms with E-state index in [-0.39, 0.29) is 11.8 Å². The minimum atomic E-state index is 0.0422. The van der Waals surface area contributed by atoms with E-state index in [9.17, 15) is 4.79 Å². The minimum Gasteiger partial charge on any atom is -0.437 e. The van der Waals surface area contributed by atoms with E-state index in [1.165, 1.54) is 0 Å². The molecule has 9 heteroatoms. The molecule has 2 saturated heterocycles. The van der Waals surface area contributed by atoms with Gasteiger partial charge in [-0.15, -0.1) is 0 Å². The third-order valence-corrected chi connectivity index (χ3v) is 6.69. The van der Waals surface area contributed by atoms with Crippen LogP contribution in [0.1, 0.15) is 47.3 Å². The van der Waals surface area contributed by atoms with Crippen LogP contribution in [0.15, 0.2) is 49.1 Å². The van der Waals surface area contributed by atoms with Crippen LogP contribution in [-0.2, 0) is 0 Å². The summed E-state index contributed by atoms with van der Waals surface area (Å²) in [6.45, 7) is 3.35. The first kappa shape index (κ1) is 21.9. The van der Waals surface area contributed by atoms with Crippen LogP contribution in [0.4, 0.5) is 0 Å². The molecule has 0 saturated carbocycles. The molecule has 1 atom stereocenters. The molecule has 0 bridgehead atoms. The van der Waals surface area contributed by atoms with Crippen molar-refractivity contribution in [2.24, 2.45) is 0 Å². The predicted octanol–water partition coefficient (Wildman–Crippen LogP) is 4.02. The van der Waals surface area contributed by atoms with Gasteiger partial charge in [-0.3, -0.25) is 14.5 Å². The number of aromatic nitrogens is 4. The monoisotopic (exact) mass is 466 g/mol. The summed E-state index contributed by atoms with van der Waals surface area (Å²) in [7, 11) is 2.11. The number of carbonyl (C=O) groups is 1. The number of benzene rings is 1. The van der Waals surface area contributed by atoms with E-state index in [1.54, 1.807) is 30.7 Å². The molecular formula is C24H27ClN6O2. The second-order valence-corrected chi connectivity index (χ2v) is 9.22. The Morgan fingerprint density at radius 1 is 1.12 bits per heavy atom. The van der Waals surface area contributed by atoms with Crippen molar-refractivity contribution in [3.8, 4) is 11.6 Å². The van der Waals surface area contributed by atoms with E-state index in [4.69, 9.17) is 16.3 Å². The van der Waals surface area contributed by atoms with Gasteiger partial charge in [-0.05, 0) is 51.1 Å². The molecule has 1 amide bonds. The smallest absolute Gasteiger partial charge is 0.257 e. The van der Waals surface area contributed by atoms with Gasteiger partial charge in [0.2, 0.25) is 5.88 Å². The third kappa shape index (κ3) is 4.86. The lowest BCUT2D eigenvalue weighted by Gasteiger charge is -2.31. The maximum atomic E-state index is 13.1. The van der Waals surface area contributed by atoms with E-state index in [2.05, 4.69) is 27.0 Å². The number of halogens is 1. The number of nitrogens with zero attached hydrogens (tertiary/aromatic N) is 6. The molecule has 2 aromatic heterocycles. The maximum Gasteiger partial charge on any atom is 0.257 e. The number of likely N-dealkylation sites (tertiary alicyclic amines) is 2. The Bertz CT molecular complexity index is 1130. The second kappa shape index (κ2) is 9.49. The molecule has 4 heterocycles. The lowest BCUT2D eigenvalue weighted by atomic mass is 9.93. The van der Waals surface area contributed by atoms with Crippen LogP contribution in [-0.4, -0.2) is 68.7 Å². The summed E-state index contributed by atoms with van der Waals surface area (Å²) in [5.74, 6) is 1.34. The lowest BCUT2D eigenvalue weighted by Crippen LogP contribution is -2.38. The van der Waals surface area contributed by atoms with Gasteiger partial charge in [0.05, 0.1) is 17.8 Å². The fourth-order valence-electron chi connectivity index (χ4n) is 4.65. The van der Waals surface area contributed by atoms with E-state index in [0.29, 0.717) is 41.3 Å². The van der Waals surface area contributed by atoms with Crippen LogP contribution in [0.25, 0.3) is 0 Å². The topological polar surface area (TPSA) is 76.4 Å². The normalized spacial score (nSPS) is 19.7. The summed E-state index contributed by atoms with van der Waals surface area (Å²) < 4.78 is 7.94. The number of hydrogen-bond donors (Lipinski definition) is 0. The molecule has 2 aliphatic heterocycles. The van der Waals surface area contributed by atoms with Crippen LogP contribution in [0.2, 0.25) is 5.02 Å². The zero-order valence-electron chi connectivity index (χ0n) is 18.6. The van der Waals surface area contributed by atoms with Gasteiger partial charge in [0.25, 0.3) is 5.91 Å². The van der Waals surface area contributed by atoms with Crippen molar-refractivity contribution in [2.45, 2.75) is 31.2 Å². The van der Waals surface area contributed by atoms with Crippen molar-refractivity contribution in [2.75, 3.05) is 33.2 Å². The standard InChI is InChI=1S/C24H27ClN6O2/c1-29-10-7-20(16-29)31-15-18(14-28-31)24(32)30-11-5-17(6-12-30)22-23(27-9-8-26-22)33-21-4-2-3-19(25)13-21/h2-4,8-9,13-15,17,20H,5-7,10-12,16H2,1H3. The number of hydrogen-bond acceptors (Lipinski definition) is 6. The van der Waals surface area contributed by atoms with Gasteiger partial charge in [-0.1, -0.05) is 17.7 Å². The number of amides is 1. The summed E-state index contributed by atoms with van der Waals surface area (Å²) in [5.41, 5.74) is 1.48. The Morgan fingerprint density at radius 3 is 2.70 bits per heavy atom. The van der Waals surface area contributed by atoms with E-state index in [0.717, 1.165) is 38.0 Å². The van der Waals surface area contributed by atoms with Crippen molar-refractivity contribution in [1.82, 2.24) is 29.5 Å². The van der Waals surface area contributed by atoms with Gasteiger partial charge in [0.1, 0.15) is 11.4 Å². The minimum absolute atomic E-state index is 0.0422. The molecule has 2 fully saturated rings. The fourth-order valence-corrected chi connectivity index (χ4v) is 4.83. The summed E-state index contributed by atoms with van der Waals surface area (Å²) in [4.78, 5) is 26.2. The molecule has 0 radical (unpaired) electrons. The van der Waals surface area contributed by atoms with Crippen molar-refractivity contribution in [1.29, 1.82) is 0 Å². The highest BCUT2D eigenvalue weighted by atomic mass is 35.5. The highest BCUT2D eigenvalue weighted by molar-refractivity contribution is 6.30. The molecule has 0 spiro atoms. The molecule has 1 aromatic carbocycles. The van der Waals surface area contributed by atoms with Crippen molar-refractivity contribution in [3.63, 3.8) is 0 Å². The number of carbonyl (C=O) groups excluding carboxylic acids is 1. The van der Waals surface area contributed by atoms with Crippen LogP contribution in [0, 0.1) is 0 Å². The molecule has 33 heavy (non-hydrogen) atoms. The zero-order valence-corrected chi connectivity index (χ0v) is 19.4. The highest BCUT2D eigenvalue weighted by Gasteiger charge is 2.29. The number of piperidine rings is 1. The van der Waals surface area contributed by atoms with Crippen LogP contribution in [0.3, 0.4) is 0 Å². The average Bonchev–Trinajstić information content (AvgIpc) is 3.48. The van der Waals surface area contributed by atoms with Crippen molar-refractivity contribution in [3.05, 3.63) is 65.3 Å². The largest absolute Gasteiger partial charge is 0.437 e. The average molecular weight is 467 g/mol. The number of rotatable bonds is 5. The quantitative estimate of drug-likeness (QED) is 0.565. The summed E-state index contributed by atoms with van der Waals surface area (Å²) >= 11 is 6.08. The zero-order chi connectivity index (χ0) is 22.8. The molecule has 1 unspecified atom stereocenters. The van der Waals surface area contributed by atoms with Gasteiger partial charge in [0.15, 0.2) is 0 Å². The molecule has 172 valence electrons. The Hall–Kier alpha value is -2.97. The first-order valence-electron chi connectivity index (χ1n) is 11.3. The first-order chi connectivity index (χ1) is 16.1. The third-order valence-electron chi connectivity index (χ3n) is 6.46. The van der Waals surface area contributed by atoms with Crippen LogP contribution in [0.5, 0.6) is 11.6 Å². The van der Waals surface area contributed by atoms with Crippen LogP contribution >= 0.6 is 11.6 Å². The number of ether oxygens (including phenoxy) is 1. The highest BCUT2D eigenvalue weighted by Crippen LogP contribution is 2.34. The van der Waals surface area contributed by atoms with Gasteiger partial charge >= 0.3 is 0 Å². The molecule has 0 N–H and O–H groups in total. The molecule has 3 aromatic rings. The molecule has 5 rings (SSSR count). The summed E-state index contributed by atoms with van der Waals surface area (Å²) in [6, 6.07) is 7.58.